The van der Waals surface area contributed by atoms with Gasteiger partial charge in [-0.15, -0.1) is 0 Å². The summed E-state index contributed by atoms with van der Waals surface area (Å²) in [6.07, 6.45) is 0.452. The normalized spacial score (nSPS) is 21.2. The summed E-state index contributed by atoms with van der Waals surface area (Å²) < 4.78 is 40.4. The maximum Gasteiger partial charge on any atom is 0.393 e. The number of carbonyl (C=O) groups excluding carboxylic acids is 1. The number of alkyl halides is 3. The van der Waals surface area contributed by atoms with Crippen LogP contribution in [0.25, 0.3) is 10.9 Å². The molecule has 0 spiro atoms. The molecule has 2 saturated heterocycles. The van der Waals surface area contributed by atoms with Gasteiger partial charge in [-0.1, -0.05) is 12.1 Å². The second kappa shape index (κ2) is 10.1. The summed E-state index contributed by atoms with van der Waals surface area (Å²) in [6.45, 7) is 1.91. The number of fused-ring (bicyclic) bond motifs is 1. The number of pyridine rings is 2. The second-order valence-electron chi connectivity index (χ2n) is 9.89. The van der Waals surface area contributed by atoms with Gasteiger partial charge in [0.1, 0.15) is 0 Å². The Morgan fingerprint density at radius 3 is 2.68 bits per heavy atom. The molecule has 1 amide bonds. The lowest BCUT2D eigenvalue weighted by Crippen LogP contribution is -2.51. The molecule has 2 aromatic heterocycles. The average Bonchev–Trinajstić information content (AvgIpc) is 2.88. The summed E-state index contributed by atoms with van der Waals surface area (Å²) in [7, 11) is 0. The second-order valence-corrected chi connectivity index (χ2v) is 9.89. The molecule has 0 bridgehead atoms. The van der Waals surface area contributed by atoms with Crippen molar-refractivity contribution >= 4 is 33.9 Å². The molecular weight excluding hydrogens is 483 g/mol. The van der Waals surface area contributed by atoms with Crippen LogP contribution in [-0.4, -0.2) is 54.3 Å². The molecule has 196 valence electrons. The van der Waals surface area contributed by atoms with Gasteiger partial charge in [0.25, 0.3) is 5.91 Å². The number of anilines is 3. The number of piperidine rings is 2. The first-order chi connectivity index (χ1) is 17.7. The summed E-state index contributed by atoms with van der Waals surface area (Å²) >= 11 is 0. The highest BCUT2D eigenvalue weighted by atomic mass is 19.4. The van der Waals surface area contributed by atoms with Gasteiger partial charge in [0, 0.05) is 30.7 Å². The molecule has 8 nitrogen and oxygen atoms in total. The van der Waals surface area contributed by atoms with Gasteiger partial charge in [-0.05, 0) is 62.0 Å². The van der Waals surface area contributed by atoms with Crippen molar-refractivity contribution in [2.45, 2.75) is 37.4 Å². The molecule has 0 radical (unpaired) electrons. The Bertz CT molecular complexity index is 1290. The first kappa shape index (κ1) is 25.2. The van der Waals surface area contributed by atoms with Crippen molar-refractivity contribution in [2.75, 3.05) is 42.1 Å². The molecule has 3 aromatic rings. The van der Waals surface area contributed by atoms with Crippen molar-refractivity contribution < 1.29 is 18.0 Å². The number of rotatable bonds is 4. The molecule has 2 atom stereocenters. The Hall–Kier alpha value is -3.44. The number of nitrogens with one attached hydrogen (secondary N) is 2. The van der Waals surface area contributed by atoms with E-state index in [1.165, 1.54) is 18.0 Å². The molecule has 0 saturated carbocycles. The maximum absolute atomic E-state index is 13.5. The van der Waals surface area contributed by atoms with E-state index in [9.17, 15) is 18.0 Å². The van der Waals surface area contributed by atoms with Crippen LogP contribution < -0.4 is 27.0 Å². The van der Waals surface area contributed by atoms with Crippen molar-refractivity contribution in [1.29, 1.82) is 0 Å². The predicted octanol–water partition coefficient (Wildman–Crippen LogP) is 3.65. The third kappa shape index (κ3) is 5.47. The van der Waals surface area contributed by atoms with E-state index in [1.807, 2.05) is 12.1 Å². The summed E-state index contributed by atoms with van der Waals surface area (Å²) in [6, 6.07) is 8.69. The molecule has 1 aromatic carbocycles. The van der Waals surface area contributed by atoms with E-state index in [0.29, 0.717) is 17.1 Å². The Morgan fingerprint density at radius 1 is 1.14 bits per heavy atom. The molecule has 0 aliphatic carbocycles. The maximum atomic E-state index is 13.5. The quantitative estimate of drug-likeness (QED) is 0.420. The summed E-state index contributed by atoms with van der Waals surface area (Å²) in [5.74, 6) is -1.69. The molecule has 2 aliphatic heterocycles. The van der Waals surface area contributed by atoms with Gasteiger partial charge in [0.05, 0.1) is 34.7 Å². The zero-order valence-corrected chi connectivity index (χ0v) is 20.3. The van der Waals surface area contributed by atoms with Crippen LogP contribution in [0.3, 0.4) is 0 Å². The number of benzene rings is 1. The predicted molar refractivity (Wildman–Crippen MR) is 138 cm³/mol. The summed E-state index contributed by atoms with van der Waals surface area (Å²) in [5.41, 5.74) is 14.9. The summed E-state index contributed by atoms with van der Waals surface area (Å²) in [5, 5.41) is 6.95. The van der Waals surface area contributed by atoms with Crippen LogP contribution in [0.1, 0.15) is 41.2 Å². The molecular formula is C26H30F3N7O. The number of hydrogen-bond donors (Lipinski definition) is 4. The third-order valence-electron chi connectivity index (χ3n) is 7.23. The molecule has 2 aliphatic rings. The minimum Gasteiger partial charge on any atom is -0.397 e. The number of nitrogen functional groups attached to an aromatic ring is 1. The zero-order valence-electron chi connectivity index (χ0n) is 20.3. The molecule has 5 rings (SSSR count). The minimum absolute atomic E-state index is 0.0493. The Balaban J connectivity index is 1.41. The number of halogens is 3. The minimum atomic E-state index is -4.36. The van der Waals surface area contributed by atoms with Crippen LogP contribution in [-0.2, 0) is 0 Å². The smallest absolute Gasteiger partial charge is 0.393 e. The lowest BCUT2D eigenvalue weighted by Gasteiger charge is -2.39. The van der Waals surface area contributed by atoms with Crippen LogP contribution in [0.4, 0.5) is 30.2 Å². The fourth-order valence-electron chi connectivity index (χ4n) is 5.30. The van der Waals surface area contributed by atoms with E-state index >= 15 is 0 Å². The number of nitrogens with zero attached hydrogens (tertiary/aromatic N) is 3. The van der Waals surface area contributed by atoms with Gasteiger partial charge in [0.2, 0.25) is 0 Å². The monoisotopic (exact) mass is 513 g/mol. The van der Waals surface area contributed by atoms with Crippen LogP contribution in [0.2, 0.25) is 0 Å². The average molecular weight is 514 g/mol. The number of amides is 1. The van der Waals surface area contributed by atoms with Crippen molar-refractivity contribution in [3.8, 4) is 0 Å². The van der Waals surface area contributed by atoms with Crippen LogP contribution in [0.15, 0.2) is 42.7 Å². The van der Waals surface area contributed by atoms with Crippen LogP contribution in [0.5, 0.6) is 0 Å². The van der Waals surface area contributed by atoms with E-state index in [-0.39, 0.29) is 36.6 Å². The van der Waals surface area contributed by atoms with Gasteiger partial charge in [-0.2, -0.15) is 13.2 Å². The number of hydrogen-bond acceptors (Lipinski definition) is 7. The Labute approximate surface area is 212 Å². The van der Waals surface area contributed by atoms with Crippen LogP contribution in [0, 0.1) is 5.92 Å². The van der Waals surface area contributed by atoms with Crippen molar-refractivity contribution in [1.82, 2.24) is 15.3 Å². The fourth-order valence-corrected chi connectivity index (χ4v) is 5.30. The van der Waals surface area contributed by atoms with Crippen molar-refractivity contribution in [3.63, 3.8) is 0 Å². The highest BCUT2D eigenvalue weighted by molar-refractivity contribution is 6.09. The van der Waals surface area contributed by atoms with E-state index in [4.69, 9.17) is 11.5 Å². The molecule has 4 heterocycles. The number of carbonyl (C=O) groups is 1. The van der Waals surface area contributed by atoms with Crippen LogP contribution >= 0.6 is 0 Å². The van der Waals surface area contributed by atoms with E-state index in [2.05, 4.69) is 26.7 Å². The number of nitrogens with two attached hydrogens (primary N) is 2. The number of aromatic nitrogens is 2. The molecule has 37 heavy (non-hydrogen) atoms. The highest BCUT2D eigenvalue weighted by Gasteiger charge is 2.44. The van der Waals surface area contributed by atoms with E-state index in [1.54, 1.807) is 17.0 Å². The van der Waals surface area contributed by atoms with Crippen molar-refractivity contribution in [3.05, 3.63) is 54.0 Å². The zero-order chi connectivity index (χ0) is 26.2. The summed E-state index contributed by atoms with van der Waals surface area (Å²) in [4.78, 5) is 23.5. The first-order valence-electron chi connectivity index (χ1n) is 12.4. The third-order valence-corrected chi connectivity index (χ3v) is 7.23. The lowest BCUT2D eigenvalue weighted by atomic mass is 9.89. The first-order valence-corrected chi connectivity index (χ1v) is 12.4. The van der Waals surface area contributed by atoms with Gasteiger partial charge in [-0.25, -0.2) is 4.98 Å². The topological polar surface area (TPSA) is 122 Å². The molecule has 2 unspecified atom stereocenters. The SMILES string of the molecule is Nc1cc2ccc(C3CCNCC3)cc2nc1C(=O)Nc1cnccc1N1CC(N)CC(C(F)(F)F)C1. The van der Waals surface area contributed by atoms with Gasteiger partial charge >= 0.3 is 6.18 Å². The fraction of sp³-hybridized carbons (Fsp3) is 0.423. The van der Waals surface area contributed by atoms with E-state index < -0.39 is 24.0 Å². The molecule has 11 heteroatoms. The lowest BCUT2D eigenvalue weighted by molar-refractivity contribution is -0.177. The van der Waals surface area contributed by atoms with Gasteiger partial charge in [0.15, 0.2) is 5.69 Å². The largest absolute Gasteiger partial charge is 0.397 e. The van der Waals surface area contributed by atoms with Gasteiger partial charge < -0.3 is 27.0 Å². The molecule has 2 fully saturated rings. The Kier molecular flexibility index (Phi) is 6.91. The standard InChI is InChI=1S/C26H30F3N7O/c27-26(28,29)18-11-19(30)14-36(13-18)23-5-8-33-12-22(23)35-25(37)24-20(31)9-17-2-1-16(10-21(17)34-24)15-3-6-32-7-4-15/h1-2,5,8-10,12,15,18-19,32H,3-4,6-7,11,13-14,30-31H2,(H,35,37). The van der Waals surface area contributed by atoms with Gasteiger partial charge in [-0.3, -0.25) is 9.78 Å². The Morgan fingerprint density at radius 2 is 1.92 bits per heavy atom. The molecule has 6 N–H and O–H groups in total. The van der Waals surface area contributed by atoms with E-state index in [0.717, 1.165) is 31.3 Å². The highest BCUT2D eigenvalue weighted by Crippen LogP contribution is 2.36. The van der Waals surface area contributed by atoms with Crippen molar-refractivity contribution in [2.24, 2.45) is 11.7 Å².